The van der Waals surface area contributed by atoms with Crippen molar-refractivity contribution in [3.8, 4) is 0 Å². The Kier molecular flexibility index (Phi) is 4.25. The number of carbonyl (C=O) groups excluding carboxylic acids is 1. The maximum Gasteiger partial charge on any atom is 0.333 e. The smallest absolute Gasteiger partial charge is 0.269 e. The van der Waals surface area contributed by atoms with Crippen LogP contribution in [0.3, 0.4) is 0 Å². The molecule has 0 saturated heterocycles. The van der Waals surface area contributed by atoms with Gasteiger partial charge in [-0.25, -0.2) is 19.8 Å². The van der Waals surface area contributed by atoms with Crippen LogP contribution in [0.2, 0.25) is 0 Å². The summed E-state index contributed by atoms with van der Waals surface area (Å²) in [5.41, 5.74) is 2.62. The number of nitrogens with zero attached hydrogens (tertiary/aromatic N) is 5. The number of aryl methyl sites for hydroxylation is 1. The molecule has 0 aliphatic rings. The van der Waals surface area contributed by atoms with Crippen LogP contribution in [0, 0.1) is 0 Å². The molecule has 0 aliphatic heterocycles. The van der Waals surface area contributed by atoms with Crippen LogP contribution in [-0.2, 0) is 25.4 Å². The van der Waals surface area contributed by atoms with Gasteiger partial charge in [-0.1, -0.05) is 6.07 Å². The molecule has 25 heavy (non-hydrogen) atoms. The van der Waals surface area contributed by atoms with Crippen LogP contribution in [0.1, 0.15) is 5.69 Å². The van der Waals surface area contributed by atoms with Crippen molar-refractivity contribution in [1.82, 2.24) is 24.5 Å². The molecule has 128 valence electrons. The first kappa shape index (κ1) is 16.3. The van der Waals surface area contributed by atoms with E-state index in [1.165, 1.54) is 28.7 Å². The van der Waals surface area contributed by atoms with E-state index in [-0.39, 0.29) is 12.1 Å². The molecule has 0 fully saturated rings. The average Bonchev–Trinajstić information content (AvgIpc) is 3.02. The van der Waals surface area contributed by atoms with Gasteiger partial charge in [-0.2, -0.15) is 5.10 Å². The molecule has 1 amide bonds. The number of hydrogen-bond acceptors (Lipinski definition) is 5. The van der Waals surface area contributed by atoms with Gasteiger partial charge in [-0.05, 0) is 12.1 Å². The van der Waals surface area contributed by atoms with Crippen molar-refractivity contribution in [2.45, 2.75) is 6.54 Å². The standard InChI is InChI=1S/C15H15N7O3/c1-20-13-12(14(24)21(2)15(20)25)22(9-17-13)8-11(23)19-18-7-10-5-3-4-6-16-10/h3-7,9H,8H2,1-2H3,(H,16,19,23)/p+1. The van der Waals surface area contributed by atoms with Crippen molar-refractivity contribution in [3.63, 3.8) is 0 Å². The largest absolute Gasteiger partial charge is 0.333 e. The Hall–Kier alpha value is -3.56. The van der Waals surface area contributed by atoms with Crippen molar-refractivity contribution >= 4 is 23.3 Å². The van der Waals surface area contributed by atoms with E-state index in [4.69, 9.17) is 0 Å². The summed E-state index contributed by atoms with van der Waals surface area (Å²) < 4.78 is 3.73. The zero-order valence-corrected chi connectivity index (χ0v) is 13.6. The van der Waals surface area contributed by atoms with E-state index in [0.29, 0.717) is 11.3 Å². The Morgan fingerprint density at radius 3 is 2.88 bits per heavy atom. The van der Waals surface area contributed by atoms with Gasteiger partial charge in [0.25, 0.3) is 17.1 Å². The van der Waals surface area contributed by atoms with E-state index < -0.39 is 17.2 Å². The summed E-state index contributed by atoms with van der Waals surface area (Å²) in [6.07, 6.45) is 4.50. The first-order chi connectivity index (χ1) is 12.0. The predicted octanol–water partition coefficient (Wildman–Crippen LogP) is -1.60. The molecule has 0 aromatic carbocycles. The number of rotatable bonds is 4. The topological polar surface area (TPSA) is 118 Å². The molecule has 0 saturated carbocycles. The van der Waals surface area contributed by atoms with E-state index in [9.17, 15) is 14.4 Å². The van der Waals surface area contributed by atoms with Gasteiger partial charge >= 0.3 is 11.2 Å². The Balaban J connectivity index is 1.82. The van der Waals surface area contributed by atoms with Gasteiger partial charge in [0.05, 0.1) is 11.9 Å². The molecule has 0 radical (unpaired) electrons. The van der Waals surface area contributed by atoms with Gasteiger partial charge in [0.15, 0.2) is 6.54 Å². The van der Waals surface area contributed by atoms with Crippen LogP contribution < -0.4 is 21.2 Å². The summed E-state index contributed by atoms with van der Waals surface area (Å²) in [6.45, 7) is -0.132. The zero-order chi connectivity index (χ0) is 18.0. The van der Waals surface area contributed by atoms with E-state index in [1.54, 1.807) is 31.4 Å². The minimum absolute atomic E-state index is 0.132. The fourth-order valence-corrected chi connectivity index (χ4v) is 2.39. The maximum atomic E-state index is 12.3. The lowest BCUT2D eigenvalue weighted by Gasteiger charge is -2.01. The molecule has 2 N–H and O–H groups in total. The quantitative estimate of drug-likeness (QED) is 0.337. The first-order valence-corrected chi connectivity index (χ1v) is 7.38. The number of hydrogen-bond donors (Lipinski definition) is 2. The predicted molar refractivity (Wildman–Crippen MR) is 88.9 cm³/mol. The van der Waals surface area contributed by atoms with Crippen LogP contribution in [0.25, 0.3) is 11.2 Å². The maximum absolute atomic E-state index is 12.3. The fraction of sp³-hybridized carbons (Fsp3) is 0.200. The number of aromatic amines is 1. The SMILES string of the molecule is Cn1c(=O)c2c([nH]c[n+]2CC(=O)NN=Cc2ccccn2)n(C)c1=O. The first-order valence-electron chi connectivity index (χ1n) is 7.38. The molecular formula is C15H16N7O3+. The molecule has 10 heteroatoms. The van der Waals surface area contributed by atoms with Crippen LogP contribution >= 0.6 is 0 Å². The number of carbonyl (C=O) groups is 1. The van der Waals surface area contributed by atoms with Gasteiger partial charge in [0, 0.05) is 20.3 Å². The average molecular weight is 342 g/mol. The molecule has 0 atom stereocenters. The Bertz CT molecular complexity index is 1080. The Morgan fingerprint density at radius 2 is 2.16 bits per heavy atom. The van der Waals surface area contributed by atoms with Gasteiger partial charge in [0.2, 0.25) is 6.33 Å². The molecular weight excluding hydrogens is 326 g/mol. The van der Waals surface area contributed by atoms with Crippen molar-refractivity contribution in [2.75, 3.05) is 0 Å². The highest BCUT2D eigenvalue weighted by molar-refractivity contribution is 5.80. The number of amides is 1. The number of nitrogens with one attached hydrogen (secondary N) is 2. The summed E-state index contributed by atoms with van der Waals surface area (Å²) in [7, 11) is 2.93. The lowest BCUT2D eigenvalue weighted by Crippen LogP contribution is -2.46. The summed E-state index contributed by atoms with van der Waals surface area (Å²) >= 11 is 0. The summed E-state index contributed by atoms with van der Waals surface area (Å²) in [5.74, 6) is -0.422. The number of hydrazone groups is 1. The highest BCUT2D eigenvalue weighted by Crippen LogP contribution is 1.97. The van der Waals surface area contributed by atoms with Gasteiger partial charge < -0.3 is 0 Å². The number of H-pyrrole nitrogens is 1. The van der Waals surface area contributed by atoms with E-state index in [0.717, 1.165) is 4.57 Å². The van der Waals surface area contributed by atoms with E-state index >= 15 is 0 Å². The molecule has 3 aromatic heterocycles. The van der Waals surface area contributed by atoms with E-state index in [2.05, 4.69) is 20.5 Å². The van der Waals surface area contributed by atoms with Crippen LogP contribution in [0.5, 0.6) is 0 Å². The summed E-state index contributed by atoms with van der Waals surface area (Å²) in [5, 5.41) is 3.82. The number of aromatic nitrogens is 5. The lowest BCUT2D eigenvalue weighted by atomic mass is 10.4. The monoisotopic (exact) mass is 342 g/mol. The third kappa shape index (κ3) is 3.09. The molecule has 10 nitrogen and oxygen atoms in total. The van der Waals surface area contributed by atoms with Gasteiger partial charge in [-0.3, -0.25) is 23.7 Å². The molecule has 3 aromatic rings. The second-order valence-electron chi connectivity index (χ2n) is 5.35. The highest BCUT2D eigenvalue weighted by atomic mass is 16.2. The van der Waals surface area contributed by atoms with Crippen molar-refractivity contribution in [1.29, 1.82) is 0 Å². The summed E-state index contributed by atoms with van der Waals surface area (Å²) in [4.78, 5) is 43.1. The molecule has 3 heterocycles. The summed E-state index contributed by atoms with van der Waals surface area (Å²) in [6, 6.07) is 5.32. The minimum Gasteiger partial charge on any atom is -0.269 e. The van der Waals surface area contributed by atoms with Crippen molar-refractivity contribution in [3.05, 3.63) is 57.3 Å². The van der Waals surface area contributed by atoms with Crippen LogP contribution in [0.15, 0.2) is 45.4 Å². The highest BCUT2D eigenvalue weighted by Gasteiger charge is 2.21. The van der Waals surface area contributed by atoms with Crippen LogP contribution in [0.4, 0.5) is 0 Å². The molecule has 3 rings (SSSR count). The number of fused-ring (bicyclic) bond motifs is 1. The Labute approximate surface area is 141 Å². The number of pyridine rings is 1. The Morgan fingerprint density at radius 1 is 1.36 bits per heavy atom. The lowest BCUT2D eigenvalue weighted by molar-refractivity contribution is -0.659. The molecule has 0 bridgehead atoms. The fourth-order valence-electron chi connectivity index (χ4n) is 2.39. The minimum atomic E-state index is -0.482. The second kappa shape index (κ2) is 6.51. The normalized spacial score (nSPS) is 11.3. The third-order valence-corrected chi connectivity index (χ3v) is 3.67. The van der Waals surface area contributed by atoms with E-state index in [1.807, 2.05) is 0 Å². The molecule has 0 unspecified atom stereocenters. The molecule has 0 aliphatic carbocycles. The third-order valence-electron chi connectivity index (χ3n) is 3.67. The van der Waals surface area contributed by atoms with Crippen LogP contribution in [-0.4, -0.2) is 31.2 Å². The van der Waals surface area contributed by atoms with Gasteiger partial charge in [-0.15, -0.1) is 0 Å². The van der Waals surface area contributed by atoms with Crippen molar-refractivity contribution in [2.24, 2.45) is 19.2 Å². The number of imidazole rings is 1. The zero-order valence-electron chi connectivity index (χ0n) is 13.6. The van der Waals surface area contributed by atoms with Crippen molar-refractivity contribution < 1.29 is 9.36 Å². The van der Waals surface area contributed by atoms with Gasteiger partial charge in [0.1, 0.15) is 0 Å². The molecule has 0 spiro atoms. The second-order valence-corrected chi connectivity index (χ2v) is 5.35.